The monoisotopic (exact) mass is 340 g/mol. The standard InChI is InChI=1S/C20H24N2O3/c1-14(19(21)15-8-4-3-5-9-15)20(23)22(2)12-16-13-24-17-10-6-7-11-18(17)25-16/h3-11,14,16,19H,12-13,21H2,1-2H3. The fourth-order valence-electron chi connectivity index (χ4n) is 3.01. The number of hydrogen-bond acceptors (Lipinski definition) is 4. The summed E-state index contributed by atoms with van der Waals surface area (Å²) in [5.74, 6) is 1.14. The molecule has 5 nitrogen and oxygen atoms in total. The average Bonchev–Trinajstić information content (AvgIpc) is 2.66. The number of ether oxygens (including phenoxy) is 2. The van der Waals surface area contributed by atoms with Gasteiger partial charge in [0, 0.05) is 13.1 Å². The summed E-state index contributed by atoms with van der Waals surface area (Å²) in [4.78, 5) is 14.4. The molecule has 0 saturated carbocycles. The van der Waals surface area contributed by atoms with Gasteiger partial charge in [0.05, 0.1) is 12.5 Å². The highest BCUT2D eigenvalue weighted by atomic mass is 16.6. The number of nitrogens with two attached hydrogens (primary N) is 1. The molecule has 1 amide bonds. The number of amides is 1. The van der Waals surface area contributed by atoms with E-state index in [1.165, 1.54) is 0 Å². The van der Waals surface area contributed by atoms with Crippen LogP contribution < -0.4 is 15.2 Å². The van der Waals surface area contributed by atoms with E-state index < -0.39 is 0 Å². The van der Waals surface area contributed by atoms with Crippen molar-refractivity contribution in [1.29, 1.82) is 0 Å². The van der Waals surface area contributed by atoms with Gasteiger partial charge in [-0.15, -0.1) is 0 Å². The Labute approximate surface area is 148 Å². The van der Waals surface area contributed by atoms with Crippen LogP contribution in [0.3, 0.4) is 0 Å². The Hall–Kier alpha value is -2.53. The Kier molecular flexibility index (Phi) is 5.24. The van der Waals surface area contributed by atoms with Gasteiger partial charge in [-0.2, -0.15) is 0 Å². The van der Waals surface area contributed by atoms with Crippen molar-refractivity contribution in [3.63, 3.8) is 0 Å². The highest BCUT2D eigenvalue weighted by Gasteiger charge is 2.28. The van der Waals surface area contributed by atoms with E-state index in [4.69, 9.17) is 15.2 Å². The molecule has 2 aromatic carbocycles. The van der Waals surface area contributed by atoms with Crippen LogP contribution in [0.5, 0.6) is 11.5 Å². The second kappa shape index (κ2) is 7.57. The molecule has 0 radical (unpaired) electrons. The Balaban J connectivity index is 1.59. The van der Waals surface area contributed by atoms with Gasteiger partial charge in [-0.1, -0.05) is 49.4 Å². The van der Waals surface area contributed by atoms with Crippen molar-refractivity contribution in [2.45, 2.75) is 19.1 Å². The topological polar surface area (TPSA) is 64.8 Å². The van der Waals surface area contributed by atoms with E-state index in [0.717, 1.165) is 11.3 Å². The SMILES string of the molecule is CC(C(=O)N(C)CC1COc2ccccc2O1)C(N)c1ccccc1. The zero-order valence-corrected chi connectivity index (χ0v) is 14.6. The van der Waals surface area contributed by atoms with Crippen molar-refractivity contribution in [1.82, 2.24) is 4.90 Å². The van der Waals surface area contributed by atoms with Crippen LogP contribution in [-0.4, -0.2) is 37.1 Å². The summed E-state index contributed by atoms with van der Waals surface area (Å²) in [5, 5.41) is 0. The summed E-state index contributed by atoms with van der Waals surface area (Å²) < 4.78 is 11.6. The molecule has 2 N–H and O–H groups in total. The number of para-hydroxylation sites is 2. The van der Waals surface area contributed by atoms with Crippen LogP contribution in [0.4, 0.5) is 0 Å². The summed E-state index contributed by atoms with van der Waals surface area (Å²) in [6.45, 7) is 2.75. The van der Waals surface area contributed by atoms with Gasteiger partial charge < -0.3 is 20.1 Å². The van der Waals surface area contributed by atoms with Gasteiger partial charge in [0.1, 0.15) is 6.61 Å². The van der Waals surface area contributed by atoms with Crippen LogP contribution in [0, 0.1) is 5.92 Å². The van der Waals surface area contributed by atoms with Gasteiger partial charge >= 0.3 is 0 Å². The maximum Gasteiger partial charge on any atom is 0.227 e. The van der Waals surface area contributed by atoms with Crippen molar-refractivity contribution in [2.24, 2.45) is 11.7 Å². The molecule has 1 aliphatic heterocycles. The molecule has 3 unspecified atom stereocenters. The summed E-state index contributed by atoms with van der Waals surface area (Å²) in [6, 6.07) is 16.9. The normalized spacial score (nSPS) is 18.3. The van der Waals surface area contributed by atoms with Crippen molar-refractivity contribution in [3.05, 3.63) is 60.2 Å². The molecule has 3 atom stereocenters. The maximum absolute atomic E-state index is 12.7. The third-order valence-electron chi connectivity index (χ3n) is 4.53. The van der Waals surface area contributed by atoms with Crippen LogP contribution in [-0.2, 0) is 4.79 Å². The molecule has 5 heteroatoms. The molecule has 2 aromatic rings. The minimum absolute atomic E-state index is 0.00110. The highest BCUT2D eigenvalue weighted by molar-refractivity contribution is 5.79. The van der Waals surface area contributed by atoms with Gasteiger partial charge in [0.2, 0.25) is 5.91 Å². The molecule has 0 fully saturated rings. The number of hydrogen-bond donors (Lipinski definition) is 1. The van der Waals surface area contributed by atoms with Crippen molar-refractivity contribution < 1.29 is 14.3 Å². The molecule has 0 saturated heterocycles. The lowest BCUT2D eigenvalue weighted by atomic mass is 9.94. The fraction of sp³-hybridized carbons (Fsp3) is 0.350. The second-order valence-corrected chi connectivity index (χ2v) is 6.44. The van der Waals surface area contributed by atoms with Crippen LogP contribution in [0.25, 0.3) is 0 Å². The lowest BCUT2D eigenvalue weighted by molar-refractivity contribution is -0.135. The molecule has 1 heterocycles. The maximum atomic E-state index is 12.7. The first-order chi connectivity index (χ1) is 12.1. The molecule has 3 rings (SSSR count). The van der Waals surface area contributed by atoms with Crippen LogP contribution in [0.15, 0.2) is 54.6 Å². The van der Waals surface area contributed by atoms with Crippen molar-refractivity contribution in [3.8, 4) is 11.5 Å². The summed E-state index contributed by atoms with van der Waals surface area (Å²) in [7, 11) is 1.78. The molecule has 0 spiro atoms. The second-order valence-electron chi connectivity index (χ2n) is 6.44. The molecule has 1 aliphatic rings. The van der Waals surface area contributed by atoms with Gasteiger partial charge in [-0.05, 0) is 17.7 Å². The third-order valence-corrected chi connectivity index (χ3v) is 4.53. The van der Waals surface area contributed by atoms with Crippen LogP contribution in [0.2, 0.25) is 0 Å². The quantitative estimate of drug-likeness (QED) is 0.909. The Morgan fingerprint density at radius 3 is 2.52 bits per heavy atom. The molecule has 0 aromatic heterocycles. The number of carbonyl (C=O) groups is 1. The van der Waals surface area contributed by atoms with E-state index in [-0.39, 0.29) is 24.0 Å². The van der Waals surface area contributed by atoms with E-state index in [1.807, 2.05) is 61.5 Å². The first kappa shape index (κ1) is 17.3. The largest absolute Gasteiger partial charge is 0.486 e. The minimum atomic E-state index is -0.333. The van der Waals surface area contributed by atoms with E-state index in [9.17, 15) is 4.79 Å². The van der Waals surface area contributed by atoms with E-state index in [1.54, 1.807) is 11.9 Å². The predicted molar refractivity (Wildman–Crippen MR) is 96.5 cm³/mol. The lowest BCUT2D eigenvalue weighted by Gasteiger charge is -2.31. The van der Waals surface area contributed by atoms with Gasteiger partial charge in [0.25, 0.3) is 0 Å². The number of likely N-dealkylation sites (N-methyl/N-ethyl adjacent to an activating group) is 1. The zero-order chi connectivity index (χ0) is 17.8. The molecule has 25 heavy (non-hydrogen) atoms. The van der Waals surface area contributed by atoms with E-state index >= 15 is 0 Å². The average molecular weight is 340 g/mol. The summed E-state index contributed by atoms with van der Waals surface area (Å²) >= 11 is 0. The van der Waals surface area contributed by atoms with Crippen molar-refractivity contribution >= 4 is 5.91 Å². The van der Waals surface area contributed by atoms with Gasteiger partial charge in [-0.25, -0.2) is 0 Å². The zero-order valence-electron chi connectivity index (χ0n) is 14.6. The van der Waals surface area contributed by atoms with E-state index in [0.29, 0.717) is 18.9 Å². The van der Waals surface area contributed by atoms with Gasteiger partial charge in [0.15, 0.2) is 17.6 Å². The van der Waals surface area contributed by atoms with Crippen LogP contribution in [0.1, 0.15) is 18.5 Å². The third kappa shape index (κ3) is 3.94. The number of nitrogens with zero attached hydrogens (tertiary/aromatic N) is 1. The molecule has 132 valence electrons. The molecule has 0 aliphatic carbocycles. The fourth-order valence-corrected chi connectivity index (χ4v) is 3.01. The molecule has 0 bridgehead atoms. The Morgan fingerprint density at radius 1 is 1.16 bits per heavy atom. The number of fused-ring (bicyclic) bond motifs is 1. The van der Waals surface area contributed by atoms with Gasteiger partial charge in [-0.3, -0.25) is 4.79 Å². The molecular formula is C20H24N2O3. The van der Waals surface area contributed by atoms with E-state index in [2.05, 4.69) is 0 Å². The summed E-state index contributed by atoms with van der Waals surface area (Å²) in [5.41, 5.74) is 7.23. The Bertz CT molecular complexity index is 720. The molecular weight excluding hydrogens is 316 g/mol. The number of rotatable bonds is 5. The Morgan fingerprint density at radius 2 is 1.80 bits per heavy atom. The smallest absolute Gasteiger partial charge is 0.227 e. The first-order valence-electron chi connectivity index (χ1n) is 8.50. The van der Waals surface area contributed by atoms with Crippen molar-refractivity contribution in [2.75, 3.05) is 20.2 Å². The highest BCUT2D eigenvalue weighted by Crippen LogP contribution is 2.31. The predicted octanol–water partition coefficient (Wildman–Crippen LogP) is 2.62. The lowest BCUT2D eigenvalue weighted by Crippen LogP contribution is -2.45. The minimum Gasteiger partial charge on any atom is -0.486 e. The summed E-state index contributed by atoms with van der Waals surface area (Å²) in [6.07, 6.45) is -0.191. The number of benzene rings is 2. The van der Waals surface area contributed by atoms with Crippen LogP contribution >= 0.6 is 0 Å². The number of carbonyl (C=O) groups excluding carboxylic acids is 1. The first-order valence-corrected chi connectivity index (χ1v) is 8.50.